The van der Waals surface area contributed by atoms with Gasteiger partial charge in [-0.1, -0.05) is 18.2 Å². The summed E-state index contributed by atoms with van der Waals surface area (Å²) in [4.78, 5) is 24.0. The van der Waals surface area contributed by atoms with Crippen molar-refractivity contribution in [2.24, 2.45) is 0 Å². The average Bonchev–Trinajstić information content (AvgIpc) is 2.78. The van der Waals surface area contributed by atoms with E-state index in [2.05, 4.69) is 0 Å². The van der Waals surface area contributed by atoms with Crippen molar-refractivity contribution < 1.29 is 28.5 Å². The minimum Gasteiger partial charge on any atom is -0.497 e. The number of methoxy groups -OCH3 is 1. The fraction of sp³-hybridized carbons (Fsp3) is 0.208. The molecule has 0 aliphatic carbocycles. The van der Waals surface area contributed by atoms with Gasteiger partial charge in [0.25, 0.3) is 0 Å². The van der Waals surface area contributed by atoms with Crippen molar-refractivity contribution in [2.75, 3.05) is 20.3 Å². The summed E-state index contributed by atoms with van der Waals surface area (Å²) in [5.41, 5.74) is 1.20. The van der Waals surface area contributed by atoms with Crippen molar-refractivity contribution in [3.63, 3.8) is 0 Å². The molecule has 0 atom stereocenters. The smallest absolute Gasteiger partial charge is 0.348 e. The standard InChI is InChI=1S/C24H23NO6/c1-4-29-22-15-18(14-19(16-25)24(27)30-5-2)8-12-21(22)31-23(26)13-9-17-6-10-20(28-3)11-7-17/h6-15H,4-5H2,1-3H3/b13-9+,19-14+. The summed E-state index contributed by atoms with van der Waals surface area (Å²) >= 11 is 0. The Morgan fingerprint density at radius 1 is 1.00 bits per heavy atom. The Morgan fingerprint density at radius 2 is 1.71 bits per heavy atom. The molecule has 0 saturated carbocycles. The molecule has 0 aromatic heterocycles. The third-order valence-electron chi connectivity index (χ3n) is 3.93. The minimum absolute atomic E-state index is 0.142. The van der Waals surface area contributed by atoms with Gasteiger partial charge in [0.2, 0.25) is 0 Å². The molecule has 160 valence electrons. The number of nitrogens with zero attached hydrogens (tertiary/aromatic N) is 1. The van der Waals surface area contributed by atoms with Gasteiger partial charge in [-0.05, 0) is 61.4 Å². The summed E-state index contributed by atoms with van der Waals surface area (Å²) in [6.07, 6.45) is 4.31. The summed E-state index contributed by atoms with van der Waals surface area (Å²) < 4.78 is 20.9. The highest BCUT2D eigenvalue weighted by atomic mass is 16.6. The monoisotopic (exact) mass is 421 g/mol. The Hall–Kier alpha value is -4.05. The van der Waals surface area contributed by atoms with E-state index in [4.69, 9.17) is 18.9 Å². The Labute approximate surface area is 181 Å². The number of nitriles is 1. The van der Waals surface area contributed by atoms with Crippen LogP contribution >= 0.6 is 0 Å². The SMILES string of the molecule is CCOC(=O)/C(C#N)=C/c1ccc(OC(=O)/C=C/c2ccc(OC)cc2)c(OCC)c1. The van der Waals surface area contributed by atoms with Crippen molar-refractivity contribution in [2.45, 2.75) is 13.8 Å². The van der Waals surface area contributed by atoms with Gasteiger partial charge in [-0.15, -0.1) is 0 Å². The second-order valence-electron chi connectivity index (χ2n) is 6.06. The molecule has 0 saturated heterocycles. The maximum Gasteiger partial charge on any atom is 0.348 e. The van der Waals surface area contributed by atoms with Crippen LogP contribution in [-0.2, 0) is 14.3 Å². The number of carbonyl (C=O) groups is 2. The quantitative estimate of drug-likeness (QED) is 0.259. The second-order valence-corrected chi connectivity index (χ2v) is 6.06. The van der Waals surface area contributed by atoms with Crippen LogP contribution in [0.4, 0.5) is 0 Å². The lowest BCUT2D eigenvalue weighted by atomic mass is 10.1. The number of ether oxygens (including phenoxy) is 4. The Morgan fingerprint density at radius 3 is 2.32 bits per heavy atom. The molecule has 0 spiro atoms. The predicted octanol–water partition coefficient (Wildman–Crippen LogP) is 4.18. The van der Waals surface area contributed by atoms with Crippen LogP contribution in [0.15, 0.2) is 54.1 Å². The molecule has 0 amide bonds. The molecule has 0 unspecified atom stereocenters. The summed E-state index contributed by atoms with van der Waals surface area (Å²) in [5, 5.41) is 9.18. The second kappa shape index (κ2) is 11.8. The van der Waals surface area contributed by atoms with Gasteiger partial charge < -0.3 is 18.9 Å². The van der Waals surface area contributed by atoms with E-state index in [1.165, 1.54) is 18.2 Å². The number of hydrogen-bond donors (Lipinski definition) is 0. The molecule has 0 radical (unpaired) electrons. The summed E-state index contributed by atoms with van der Waals surface area (Å²) in [7, 11) is 1.58. The zero-order valence-electron chi connectivity index (χ0n) is 17.6. The molecule has 2 aromatic carbocycles. The van der Waals surface area contributed by atoms with E-state index in [0.29, 0.717) is 17.9 Å². The van der Waals surface area contributed by atoms with Crippen molar-refractivity contribution in [1.82, 2.24) is 0 Å². The van der Waals surface area contributed by atoms with Gasteiger partial charge >= 0.3 is 11.9 Å². The normalized spacial score (nSPS) is 11.0. The molecule has 0 N–H and O–H groups in total. The molecule has 0 fully saturated rings. The third-order valence-corrected chi connectivity index (χ3v) is 3.93. The highest BCUT2D eigenvalue weighted by Crippen LogP contribution is 2.30. The third kappa shape index (κ3) is 7.05. The van der Waals surface area contributed by atoms with E-state index in [1.54, 1.807) is 51.3 Å². The fourth-order valence-corrected chi connectivity index (χ4v) is 2.50. The first-order chi connectivity index (χ1) is 15.0. The Kier molecular flexibility index (Phi) is 8.87. The van der Waals surface area contributed by atoms with Gasteiger partial charge in [0.05, 0.1) is 20.3 Å². The molecule has 2 rings (SSSR count). The fourth-order valence-electron chi connectivity index (χ4n) is 2.50. The Balaban J connectivity index is 2.18. The largest absolute Gasteiger partial charge is 0.497 e. The van der Waals surface area contributed by atoms with E-state index < -0.39 is 11.9 Å². The van der Waals surface area contributed by atoms with Gasteiger partial charge in [0.15, 0.2) is 11.5 Å². The van der Waals surface area contributed by atoms with Gasteiger partial charge in [-0.3, -0.25) is 0 Å². The molecule has 0 aliphatic heterocycles. The predicted molar refractivity (Wildman–Crippen MR) is 115 cm³/mol. The number of esters is 2. The zero-order valence-corrected chi connectivity index (χ0v) is 17.6. The lowest BCUT2D eigenvalue weighted by Crippen LogP contribution is -2.07. The molecule has 31 heavy (non-hydrogen) atoms. The highest BCUT2D eigenvalue weighted by Gasteiger charge is 2.13. The van der Waals surface area contributed by atoms with Crippen LogP contribution in [0.5, 0.6) is 17.2 Å². The van der Waals surface area contributed by atoms with Crippen LogP contribution in [0, 0.1) is 11.3 Å². The summed E-state index contributed by atoms with van der Waals surface area (Å²) in [5.74, 6) is -0.0363. The molecule has 0 heterocycles. The highest BCUT2D eigenvalue weighted by molar-refractivity contribution is 5.98. The number of carbonyl (C=O) groups excluding carboxylic acids is 2. The summed E-state index contributed by atoms with van der Waals surface area (Å²) in [6.45, 7) is 3.95. The Bertz CT molecular complexity index is 1020. The van der Waals surface area contributed by atoms with Crippen molar-refractivity contribution >= 4 is 24.1 Å². The molecule has 7 nitrogen and oxygen atoms in total. The molecule has 0 bridgehead atoms. The van der Waals surface area contributed by atoms with Crippen LogP contribution in [0.3, 0.4) is 0 Å². The maximum absolute atomic E-state index is 12.2. The average molecular weight is 421 g/mol. The van der Waals surface area contributed by atoms with Crippen LogP contribution < -0.4 is 14.2 Å². The van der Waals surface area contributed by atoms with E-state index in [9.17, 15) is 14.9 Å². The first-order valence-electron chi connectivity index (χ1n) is 9.60. The van der Waals surface area contributed by atoms with Gasteiger partial charge in [0, 0.05) is 6.08 Å². The van der Waals surface area contributed by atoms with E-state index in [-0.39, 0.29) is 17.9 Å². The van der Waals surface area contributed by atoms with E-state index >= 15 is 0 Å². The maximum atomic E-state index is 12.2. The van der Waals surface area contributed by atoms with Gasteiger partial charge in [-0.25, -0.2) is 9.59 Å². The first kappa shape index (κ1) is 23.2. The summed E-state index contributed by atoms with van der Waals surface area (Å²) in [6, 6.07) is 13.7. The number of benzene rings is 2. The van der Waals surface area contributed by atoms with Crippen molar-refractivity contribution in [3.05, 3.63) is 65.2 Å². The lowest BCUT2D eigenvalue weighted by Gasteiger charge is -2.10. The minimum atomic E-state index is -0.706. The molecule has 7 heteroatoms. The van der Waals surface area contributed by atoms with Crippen LogP contribution in [0.25, 0.3) is 12.2 Å². The molecular weight excluding hydrogens is 398 g/mol. The van der Waals surface area contributed by atoms with E-state index in [1.807, 2.05) is 18.2 Å². The number of rotatable bonds is 9. The molecular formula is C24H23NO6. The van der Waals surface area contributed by atoms with Crippen molar-refractivity contribution in [3.8, 4) is 23.3 Å². The van der Waals surface area contributed by atoms with Crippen LogP contribution in [-0.4, -0.2) is 32.3 Å². The van der Waals surface area contributed by atoms with Gasteiger partial charge in [-0.2, -0.15) is 5.26 Å². The van der Waals surface area contributed by atoms with E-state index in [0.717, 1.165) is 11.3 Å². The molecule has 0 aliphatic rings. The first-order valence-corrected chi connectivity index (χ1v) is 9.60. The van der Waals surface area contributed by atoms with Crippen molar-refractivity contribution in [1.29, 1.82) is 5.26 Å². The molecule has 2 aromatic rings. The topological polar surface area (TPSA) is 94.9 Å². The van der Waals surface area contributed by atoms with Gasteiger partial charge in [0.1, 0.15) is 17.4 Å². The zero-order chi connectivity index (χ0) is 22.6. The lowest BCUT2D eigenvalue weighted by molar-refractivity contribution is -0.138. The van der Waals surface area contributed by atoms with Crippen LogP contribution in [0.1, 0.15) is 25.0 Å². The van der Waals surface area contributed by atoms with Crippen LogP contribution in [0.2, 0.25) is 0 Å². The number of hydrogen-bond acceptors (Lipinski definition) is 7.